The number of aromatic nitrogens is 2. The van der Waals surface area contributed by atoms with E-state index in [1.165, 1.54) is 0 Å². The Labute approximate surface area is 199 Å². The van der Waals surface area contributed by atoms with Gasteiger partial charge in [-0.3, -0.25) is 14.6 Å². The minimum Gasteiger partial charge on any atom is -0.346 e. The normalized spacial score (nSPS) is 18.4. The lowest BCUT2D eigenvalue weighted by Gasteiger charge is -2.36. The summed E-state index contributed by atoms with van der Waals surface area (Å²) in [5.41, 5.74) is 4.75. The van der Waals surface area contributed by atoms with Gasteiger partial charge in [-0.2, -0.15) is 0 Å². The summed E-state index contributed by atoms with van der Waals surface area (Å²) in [5.74, 6) is 0.150. The number of hydrogen-bond donors (Lipinski definition) is 2. The van der Waals surface area contributed by atoms with Gasteiger partial charge in [0.2, 0.25) is 5.91 Å². The van der Waals surface area contributed by atoms with Gasteiger partial charge in [0.15, 0.2) is 0 Å². The van der Waals surface area contributed by atoms with Crippen LogP contribution in [0.15, 0.2) is 36.7 Å². The van der Waals surface area contributed by atoms with Crippen LogP contribution in [0.3, 0.4) is 0 Å². The number of rotatable bonds is 6. The average Bonchev–Trinajstić information content (AvgIpc) is 3.28. The van der Waals surface area contributed by atoms with E-state index < -0.39 is 0 Å². The molecular weight excluding hydrogens is 436 g/mol. The van der Waals surface area contributed by atoms with Gasteiger partial charge in [-0.05, 0) is 29.7 Å². The highest BCUT2D eigenvalue weighted by atomic mass is 35.5. The third kappa shape index (κ3) is 4.64. The molecular formula is C25H31ClN6O. The van der Waals surface area contributed by atoms with Crippen molar-refractivity contribution in [3.63, 3.8) is 0 Å². The zero-order valence-electron chi connectivity index (χ0n) is 19.1. The fourth-order valence-corrected chi connectivity index (χ4v) is 5.21. The van der Waals surface area contributed by atoms with Gasteiger partial charge in [-0.1, -0.05) is 30.7 Å². The van der Waals surface area contributed by atoms with Gasteiger partial charge in [0.25, 0.3) is 0 Å². The Hall–Kier alpha value is -2.45. The van der Waals surface area contributed by atoms with Crippen molar-refractivity contribution in [3.8, 4) is 11.1 Å². The van der Waals surface area contributed by atoms with Crippen LogP contribution >= 0.6 is 11.6 Å². The average molecular weight is 467 g/mol. The largest absolute Gasteiger partial charge is 0.346 e. The molecule has 2 aliphatic rings. The Balaban J connectivity index is 1.30. The minimum atomic E-state index is 0.150. The number of fused-ring (bicyclic) bond motifs is 1. The van der Waals surface area contributed by atoms with Gasteiger partial charge in [-0.15, -0.1) is 0 Å². The molecule has 2 aromatic heterocycles. The van der Waals surface area contributed by atoms with Crippen molar-refractivity contribution in [2.45, 2.75) is 13.3 Å². The predicted octanol–water partition coefficient (Wildman–Crippen LogP) is 3.00. The van der Waals surface area contributed by atoms with Crippen LogP contribution in [0.5, 0.6) is 0 Å². The number of piperazine rings is 2. The molecule has 1 aromatic carbocycles. The topological polar surface area (TPSA) is 67.5 Å². The van der Waals surface area contributed by atoms with Crippen molar-refractivity contribution >= 4 is 34.2 Å². The number of benzene rings is 1. The number of anilines is 1. The molecule has 33 heavy (non-hydrogen) atoms. The smallest absolute Gasteiger partial charge is 0.241 e. The predicted molar refractivity (Wildman–Crippen MR) is 134 cm³/mol. The number of aromatic amines is 1. The highest BCUT2D eigenvalue weighted by Crippen LogP contribution is 2.36. The lowest BCUT2D eigenvalue weighted by molar-refractivity contribution is -0.121. The number of carbonyl (C=O) groups is 1. The summed E-state index contributed by atoms with van der Waals surface area (Å²) in [6, 6.07) is 8.09. The maximum atomic E-state index is 13.0. The molecule has 0 unspecified atom stereocenters. The molecule has 1 amide bonds. The van der Waals surface area contributed by atoms with Crippen LogP contribution < -0.4 is 10.2 Å². The van der Waals surface area contributed by atoms with E-state index in [0.717, 1.165) is 85.6 Å². The van der Waals surface area contributed by atoms with Crippen LogP contribution in [0.2, 0.25) is 5.02 Å². The van der Waals surface area contributed by atoms with Crippen LogP contribution in [0.4, 0.5) is 5.69 Å². The maximum absolute atomic E-state index is 13.0. The highest BCUT2D eigenvalue weighted by Gasteiger charge is 2.26. The number of aryl methyl sites for hydroxylation is 1. The number of H-pyrrole nitrogens is 1. The molecule has 2 N–H and O–H groups in total. The Morgan fingerprint density at radius 2 is 1.91 bits per heavy atom. The van der Waals surface area contributed by atoms with Crippen molar-refractivity contribution < 1.29 is 4.79 Å². The molecule has 0 aliphatic carbocycles. The zero-order chi connectivity index (χ0) is 22.8. The highest BCUT2D eigenvalue weighted by molar-refractivity contribution is 6.38. The zero-order valence-corrected chi connectivity index (χ0v) is 19.9. The molecule has 0 spiro atoms. The van der Waals surface area contributed by atoms with Gasteiger partial charge >= 0.3 is 0 Å². The van der Waals surface area contributed by atoms with Gasteiger partial charge in [0.05, 0.1) is 11.6 Å². The minimum absolute atomic E-state index is 0.150. The molecule has 8 heteroatoms. The van der Waals surface area contributed by atoms with Crippen molar-refractivity contribution in [2.24, 2.45) is 0 Å². The fourth-order valence-electron chi connectivity index (χ4n) is 4.84. The maximum Gasteiger partial charge on any atom is 0.241 e. The second kappa shape index (κ2) is 9.81. The van der Waals surface area contributed by atoms with Crippen LogP contribution in [0, 0.1) is 0 Å². The van der Waals surface area contributed by atoms with Crippen molar-refractivity contribution in [3.05, 3.63) is 47.2 Å². The van der Waals surface area contributed by atoms with E-state index in [-0.39, 0.29) is 5.91 Å². The van der Waals surface area contributed by atoms with Crippen LogP contribution in [-0.2, 0) is 11.2 Å². The Bertz CT molecular complexity index is 1140. The summed E-state index contributed by atoms with van der Waals surface area (Å²) in [4.78, 5) is 27.4. The number of halogens is 1. The van der Waals surface area contributed by atoms with Crippen molar-refractivity contribution in [2.75, 3.05) is 63.8 Å². The molecule has 0 atom stereocenters. The number of nitrogens with one attached hydrogen (secondary N) is 2. The molecule has 5 rings (SSSR count). The van der Waals surface area contributed by atoms with Gasteiger partial charge < -0.3 is 15.2 Å². The second-order valence-corrected chi connectivity index (χ2v) is 9.22. The fraction of sp³-hybridized carbons (Fsp3) is 0.440. The molecule has 174 valence electrons. The number of amides is 1. The van der Waals surface area contributed by atoms with Crippen LogP contribution in [0.25, 0.3) is 22.2 Å². The number of hydrogen-bond acceptors (Lipinski definition) is 5. The van der Waals surface area contributed by atoms with Gasteiger partial charge in [0, 0.05) is 81.4 Å². The quantitative estimate of drug-likeness (QED) is 0.584. The molecule has 2 saturated heterocycles. The summed E-state index contributed by atoms with van der Waals surface area (Å²) in [6.07, 6.45) is 4.68. The summed E-state index contributed by atoms with van der Waals surface area (Å²) >= 11 is 6.83. The molecule has 0 radical (unpaired) electrons. The Morgan fingerprint density at radius 1 is 1.09 bits per heavy atom. The van der Waals surface area contributed by atoms with Gasteiger partial charge in [-0.25, -0.2) is 4.98 Å². The Morgan fingerprint density at radius 3 is 2.70 bits per heavy atom. The monoisotopic (exact) mass is 466 g/mol. The first-order chi connectivity index (χ1) is 16.1. The molecule has 2 aliphatic heterocycles. The first-order valence-corrected chi connectivity index (χ1v) is 12.2. The van der Waals surface area contributed by atoms with E-state index in [0.29, 0.717) is 18.1 Å². The van der Waals surface area contributed by atoms with E-state index in [1.54, 1.807) is 0 Å². The Kier molecular flexibility index (Phi) is 6.64. The lowest BCUT2D eigenvalue weighted by atomic mass is 10.0. The molecule has 3 aromatic rings. The third-order valence-electron chi connectivity index (χ3n) is 6.81. The van der Waals surface area contributed by atoms with Crippen molar-refractivity contribution in [1.29, 1.82) is 0 Å². The van der Waals surface area contributed by atoms with E-state index in [1.807, 2.05) is 35.5 Å². The van der Waals surface area contributed by atoms with Gasteiger partial charge in [0.1, 0.15) is 5.65 Å². The third-order valence-corrected chi connectivity index (χ3v) is 7.20. The molecule has 2 fully saturated rings. The summed E-state index contributed by atoms with van der Waals surface area (Å²) in [5, 5.41) is 5.08. The summed E-state index contributed by atoms with van der Waals surface area (Å²) in [6.45, 7) is 10.4. The molecule has 4 heterocycles. The number of nitrogens with zero attached hydrogens (tertiary/aromatic N) is 4. The summed E-state index contributed by atoms with van der Waals surface area (Å²) < 4.78 is 0. The molecule has 0 bridgehead atoms. The van der Waals surface area contributed by atoms with E-state index >= 15 is 0 Å². The van der Waals surface area contributed by atoms with Crippen molar-refractivity contribution in [1.82, 2.24) is 25.1 Å². The molecule has 0 saturated carbocycles. The van der Waals surface area contributed by atoms with Crippen LogP contribution in [-0.4, -0.2) is 84.6 Å². The molecule has 7 nitrogen and oxygen atoms in total. The van der Waals surface area contributed by atoms with E-state index in [9.17, 15) is 4.79 Å². The standard InChI is InChI=1S/C25H31ClN6O/c1-2-18-15-28-25-23(18)24(26)21(16-29-25)19-4-3-5-20(14-19)32-13-12-31(17-22(32)33)11-10-30-8-6-27-7-9-30/h3-5,14-16,27H,2,6-13,17H2,1H3,(H,28,29). The van der Waals surface area contributed by atoms with E-state index in [2.05, 4.69) is 38.1 Å². The van der Waals surface area contributed by atoms with E-state index in [4.69, 9.17) is 11.6 Å². The number of carbonyl (C=O) groups excluding carboxylic acids is 1. The summed E-state index contributed by atoms with van der Waals surface area (Å²) in [7, 11) is 0. The first-order valence-electron chi connectivity index (χ1n) is 11.8. The number of pyridine rings is 1. The SMILES string of the molecule is CCc1c[nH]c2ncc(-c3cccc(N4CCN(CCN5CCNCC5)CC4=O)c3)c(Cl)c12. The van der Waals surface area contributed by atoms with Crippen LogP contribution in [0.1, 0.15) is 12.5 Å². The first kappa shape index (κ1) is 22.3. The second-order valence-electron chi connectivity index (χ2n) is 8.84. The lowest BCUT2D eigenvalue weighted by Crippen LogP contribution is -2.53.